The summed E-state index contributed by atoms with van der Waals surface area (Å²) in [5, 5.41) is 3.23. The van der Waals surface area contributed by atoms with Gasteiger partial charge in [0, 0.05) is 12.1 Å². The fourth-order valence-corrected chi connectivity index (χ4v) is 2.89. The van der Waals surface area contributed by atoms with E-state index in [1.807, 2.05) is 6.07 Å². The number of hydrogen-bond donors (Lipinski definition) is 1. The Hall–Kier alpha value is -1.07. The van der Waals surface area contributed by atoms with Crippen molar-refractivity contribution in [3.8, 4) is 0 Å². The van der Waals surface area contributed by atoms with Crippen molar-refractivity contribution >= 4 is 0 Å². The van der Waals surface area contributed by atoms with Gasteiger partial charge in [0.25, 0.3) is 0 Å². The van der Waals surface area contributed by atoms with Crippen molar-refractivity contribution in [2.75, 3.05) is 19.6 Å². The van der Waals surface area contributed by atoms with E-state index in [1.165, 1.54) is 0 Å². The lowest BCUT2D eigenvalue weighted by atomic mass is 9.98. The number of hydrogen-bond acceptors (Lipinski definition) is 2. The van der Waals surface area contributed by atoms with Crippen LogP contribution in [-0.4, -0.2) is 36.8 Å². The summed E-state index contributed by atoms with van der Waals surface area (Å²) < 4.78 is 38.4. The van der Waals surface area contributed by atoms with Crippen molar-refractivity contribution in [1.82, 2.24) is 10.2 Å². The zero-order chi connectivity index (χ0) is 15.3. The molecule has 2 rings (SSSR count). The van der Waals surface area contributed by atoms with Gasteiger partial charge in [-0.25, -0.2) is 0 Å². The Labute approximate surface area is 124 Å². The van der Waals surface area contributed by atoms with E-state index < -0.39 is 18.6 Å². The van der Waals surface area contributed by atoms with Gasteiger partial charge < -0.3 is 10.2 Å². The summed E-state index contributed by atoms with van der Waals surface area (Å²) in [6, 6.07) is 8.47. The molecule has 1 N–H and O–H groups in total. The van der Waals surface area contributed by atoms with Gasteiger partial charge >= 0.3 is 6.18 Å². The summed E-state index contributed by atoms with van der Waals surface area (Å²) in [5.41, 5.74) is 0.716. The molecule has 1 fully saturated rings. The van der Waals surface area contributed by atoms with Gasteiger partial charge in [-0.3, -0.25) is 0 Å². The third-order valence-electron chi connectivity index (χ3n) is 4.11. The van der Waals surface area contributed by atoms with Crippen LogP contribution < -0.4 is 5.32 Å². The number of nitrogens with one attached hydrogen (secondary N) is 1. The first-order valence-corrected chi connectivity index (χ1v) is 7.58. The Morgan fingerprint density at radius 2 is 1.81 bits per heavy atom. The summed E-state index contributed by atoms with van der Waals surface area (Å²) in [7, 11) is 0. The van der Waals surface area contributed by atoms with E-state index in [0.717, 1.165) is 32.5 Å². The maximum Gasteiger partial charge on any atom is 0.390 e. The number of piperidine rings is 1. The molecule has 1 unspecified atom stereocenters. The molecule has 21 heavy (non-hydrogen) atoms. The lowest BCUT2D eigenvalue weighted by molar-refractivity contribution is -0.141. The molecule has 1 aliphatic rings. The van der Waals surface area contributed by atoms with Crippen LogP contribution in [-0.2, 0) is 0 Å². The number of alkyl halides is 3. The second kappa shape index (κ2) is 7.27. The van der Waals surface area contributed by atoms with E-state index in [0.29, 0.717) is 5.56 Å². The van der Waals surface area contributed by atoms with E-state index in [1.54, 1.807) is 24.3 Å². The normalized spacial score (nSPS) is 19.6. The minimum Gasteiger partial charge on any atom is -0.307 e. The largest absolute Gasteiger partial charge is 0.390 e. The molecule has 0 saturated carbocycles. The first-order chi connectivity index (χ1) is 9.98. The summed E-state index contributed by atoms with van der Waals surface area (Å²) in [4.78, 5) is 2.33. The van der Waals surface area contributed by atoms with E-state index in [2.05, 4.69) is 17.1 Å². The molecule has 2 nitrogen and oxygen atoms in total. The molecule has 118 valence electrons. The molecule has 1 aromatic carbocycles. The predicted octanol–water partition coefficient (Wildman–Crippen LogP) is 3.75. The molecular weight excluding hydrogens is 277 g/mol. The zero-order valence-corrected chi connectivity index (χ0v) is 12.4. The van der Waals surface area contributed by atoms with E-state index >= 15 is 0 Å². The highest BCUT2D eigenvalue weighted by Gasteiger charge is 2.34. The lowest BCUT2D eigenvalue weighted by Crippen LogP contribution is -2.44. The van der Waals surface area contributed by atoms with Crippen LogP contribution in [0.4, 0.5) is 13.2 Å². The van der Waals surface area contributed by atoms with Crippen LogP contribution >= 0.6 is 0 Å². The van der Waals surface area contributed by atoms with Gasteiger partial charge in [0.15, 0.2) is 0 Å². The molecule has 1 aromatic rings. The summed E-state index contributed by atoms with van der Waals surface area (Å²) in [5.74, 6) is 0. The zero-order valence-electron chi connectivity index (χ0n) is 12.4. The van der Waals surface area contributed by atoms with Crippen LogP contribution in [0.3, 0.4) is 0 Å². The fraction of sp³-hybridized carbons (Fsp3) is 0.625. The topological polar surface area (TPSA) is 15.3 Å². The molecule has 0 amide bonds. The maximum atomic E-state index is 12.8. The molecule has 0 aromatic heterocycles. The fourth-order valence-electron chi connectivity index (χ4n) is 2.89. The predicted molar refractivity (Wildman–Crippen MR) is 78.1 cm³/mol. The highest BCUT2D eigenvalue weighted by Crippen LogP contribution is 2.30. The van der Waals surface area contributed by atoms with Crippen LogP contribution in [0.5, 0.6) is 0 Å². The molecule has 1 atom stereocenters. The number of nitrogens with zero attached hydrogens (tertiary/aromatic N) is 1. The number of rotatable bonds is 5. The molecule has 0 spiro atoms. The minimum absolute atomic E-state index is 0.167. The third kappa shape index (κ3) is 5.32. The Bertz CT molecular complexity index is 411. The second-order valence-electron chi connectivity index (χ2n) is 5.66. The van der Waals surface area contributed by atoms with Crippen molar-refractivity contribution in [2.24, 2.45) is 0 Å². The minimum atomic E-state index is -4.16. The van der Waals surface area contributed by atoms with Gasteiger partial charge in [0.1, 0.15) is 0 Å². The first kappa shape index (κ1) is 16.3. The SMILES string of the molecule is CCN1CCC(NC(CC(F)(F)F)c2ccccc2)CC1. The second-order valence-corrected chi connectivity index (χ2v) is 5.66. The Balaban J connectivity index is 2.00. The average molecular weight is 300 g/mol. The van der Waals surface area contributed by atoms with Crippen molar-refractivity contribution < 1.29 is 13.2 Å². The Kier molecular flexibility index (Phi) is 5.65. The maximum absolute atomic E-state index is 12.8. The van der Waals surface area contributed by atoms with Gasteiger partial charge in [-0.2, -0.15) is 13.2 Å². The van der Waals surface area contributed by atoms with Crippen LogP contribution in [0.15, 0.2) is 30.3 Å². The van der Waals surface area contributed by atoms with Crippen molar-refractivity contribution in [1.29, 1.82) is 0 Å². The number of benzene rings is 1. The number of likely N-dealkylation sites (tertiary alicyclic amines) is 1. The first-order valence-electron chi connectivity index (χ1n) is 7.58. The van der Waals surface area contributed by atoms with Crippen LogP contribution in [0.1, 0.15) is 37.8 Å². The Morgan fingerprint density at radius 1 is 1.19 bits per heavy atom. The monoisotopic (exact) mass is 300 g/mol. The van der Waals surface area contributed by atoms with Crippen LogP contribution in [0.25, 0.3) is 0 Å². The van der Waals surface area contributed by atoms with Crippen LogP contribution in [0.2, 0.25) is 0 Å². The van der Waals surface area contributed by atoms with Crippen molar-refractivity contribution in [3.05, 3.63) is 35.9 Å². The quantitative estimate of drug-likeness (QED) is 0.891. The molecule has 0 radical (unpaired) electrons. The Morgan fingerprint density at radius 3 is 2.33 bits per heavy atom. The number of halogens is 3. The van der Waals surface area contributed by atoms with Crippen molar-refractivity contribution in [3.63, 3.8) is 0 Å². The summed E-state index contributed by atoms with van der Waals surface area (Å²) >= 11 is 0. The van der Waals surface area contributed by atoms with Gasteiger partial charge in [-0.05, 0) is 38.0 Å². The summed E-state index contributed by atoms with van der Waals surface area (Å²) in [6.45, 7) is 5.05. The standard InChI is InChI=1S/C16H23F3N2/c1-2-21-10-8-14(9-11-21)20-15(12-16(17,18)19)13-6-4-3-5-7-13/h3-7,14-15,20H,2,8-12H2,1H3. The highest BCUT2D eigenvalue weighted by molar-refractivity contribution is 5.19. The molecule has 0 aliphatic carbocycles. The van der Waals surface area contributed by atoms with Gasteiger partial charge in [0.2, 0.25) is 0 Å². The molecule has 1 heterocycles. The van der Waals surface area contributed by atoms with Gasteiger partial charge in [0.05, 0.1) is 6.42 Å². The molecule has 5 heteroatoms. The molecular formula is C16H23F3N2. The van der Waals surface area contributed by atoms with Crippen LogP contribution in [0, 0.1) is 0 Å². The van der Waals surface area contributed by atoms with Crippen molar-refractivity contribution in [2.45, 2.75) is 44.4 Å². The van der Waals surface area contributed by atoms with Gasteiger partial charge in [-0.15, -0.1) is 0 Å². The average Bonchev–Trinajstić information content (AvgIpc) is 2.47. The van der Waals surface area contributed by atoms with E-state index in [9.17, 15) is 13.2 Å². The smallest absolute Gasteiger partial charge is 0.307 e. The van der Waals surface area contributed by atoms with E-state index in [-0.39, 0.29) is 6.04 Å². The highest BCUT2D eigenvalue weighted by atomic mass is 19.4. The third-order valence-corrected chi connectivity index (χ3v) is 4.11. The summed E-state index contributed by atoms with van der Waals surface area (Å²) in [6.07, 6.45) is -3.15. The van der Waals surface area contributed by atoms with E-state index in [4.69, 9.17) is 0 Å². The molecule has 1 aliphatic heterocycles. The van der Waals surface area contributed by atoms with Gasteiger partial charge in [-0.1, -0.05) is 37.3 Å². The molecule has 0 bridgehead atoms. The molecule has 1 saturated heterocycles. The lowest BCUT2D eigenvalue weighted by Gasteiger charge is -2.34.